The van der Waals surface area contributed by atoms with Crippen molar-refractivity contribution in [2.24, 2.45) is 0 Å². The van der Waals surface area contributed by atoms with E-state index in [1.807, 2.05) is 36.4 Å². The minimum absolute atomic E-state index is 0.115. The number of carbonyl (C=O) groups excluding carboxylic acids is 2. The molecule has 0 radical (unpaired) electrons. The molecule has 5 heteroatoms. The first-order valence-corrected chi connectivity index (χ1v) is 9.18. The van der Waals surface area contributed by atoms with E-state index in [4.69, 9.17) is 0 Å². The lowest BCUT2D eigenvalue weighted by molar-refractivity contribution is -0.123. The summed E-state index contributed by atoms with van der Waals surface area (Å²) in [7, 11) is 0. The number of anilines is 2. The van der Waals surface area contributed by atoms with Gasteiger partial charge in [0.25, 0.3) is 0 Å². The van der Waals surface area contributed by atoms with Gasteiger partial charge in [-0.05, 0) is 41.8 Å². The number of para-hydroxylation sites is 1. The van der Waals surface area contributed by atoms with Gasteiger partial charge >= 0.3 is 0 Å². The molecule has 0 bridgehead atoms. The van der Waals surface area contributed by atoms with Crippen molar-refractivity contribution >= 4 is 23.2 Å². The summed E-state index contributed by atoms with van der Waals surface area (Å²) in [6.45, 7) is 5.03. The van der Waals surface area contributed by atoms with Gasteiger partial charge < -0.3 is 10.6 Å². The molecule has 2 aromatic rings. The molecule has 134 valence electrons. The van der Waals surface area contributed by atoms with Crippen molar-refractivity contribution in [2.45, 2.75) is 38.8 Å². The van der Waals surface area contributed by atoms with Crippen molar-refractivity contribution in [2.75, 3.05) is 17.2 Å². The largest absolute Gasteiger partial charge is 0.326 e. The van der Waals surface area contributed by atoms with Crippen molar-refractivity contribution in [3.63, 3.8) is 0 Å². The maximum atomic E-state index is 13.0. The van der Waals surface area contributed by atoms with Crippen molar-refractivity contribution in [1.82, 2.24) is 4.90 Å². The predicted octanol–water partition coefficient (Wildman–Crippen LogP) is 3.48. The van der Waals surface area contributed by atoms with E-state index in [1.165, 1.54) is 11.1 Å². The summed E-state index contributed by atoms with van der Waals surface area (Å²) in [4.78, 5) is 27.4. The van der Waals surface area contributed by atoms with Crippen LogP contribution in [0.2, 0.25) is 0 Å². The molecule has 2 aliphatic rings. The molecule has 0 saturated heterocycles. The zero-order chi connectivity index (χ0) is 18.1. The number of carbonyl (C=O) groups is 2. The Morgan fingerprint density at radius 2 is 2.04 bits per heavy atom. The van der Waals surface area contributed by atoms with E-state index < -0.39 is 5.92 Å². The van der Waals surface area contributed by atoms with Gasteiger partial charge in [0.15, 0.2) is 0 Å². The Morgan fingerprint density at radius 1 is 1.19 bits per heavy atom. The Balaban J connectivity index is 1.57. The van der Waals surface area contributed by atoms with Crippen molar-refractivity contribution in [3.05, 3.63) is 59.2 Å². The summed E-state index contributed by atoms with van der Waals surface area (Å²) in [5.74, 6) is -0.685. The van der Waals surface area contributed by atoms with E-state index in [1.54, 1.807) is 0 Å². The summed E-state index contributed by atoms with van der Waals surface area (Å²) < 4.78 is 0. The number of rotatable bonds is 4. The maximum Gasteiger partial charge on any atom is 0.232 e. The van der Waals surface area contributed by atoms with Crippen LogP contribution in [-0.4, -0.2) is 23.3 Å². The van der Waals surface area contributed by atoms with Gasteiger partial charge in [0, 0.05) is 30.9 Å². The van der Waals surface area contributed by atoms with E-state index in [0.29, 0.717) is 0 Å². The lowest BCUT2D eigenvalue weighted by Crippen LogP contribution is -2.31. The Labute approximate surface area is 153 Å². The number of benzene rings is 2. The second-order valence-electron chi connectivity index (χ2n) is 7.04. The van der Waals surface area contributed by atoms with Gasteiger partial charge in [-0.3, -0.25) is 14.5 Å². The smallest absolute Gasteiger partial charge is 0.232 e. The second-order valence-corrected chi connectivity index (χ2v) is 7.04. The summed E-state index contributed by atoms with van der Waals surface area (Å²) in [6.07, 6.45) is 1.30. The van der Waals surface area contributed by atoms with Crippen molar-refractivity contribution in [1.29, 1.82) is 0 Å². The number of hydrogen-bond acceptors (Lipinski definition) is 3. The van der Waals surface area contributed by atoms with Gasteiger partial charge in [-0.1, -0.05) is 37.3 Å². The van der Waals surface area contributed by atoms with Gasteiger partial charge in [0.2, 0.25) is 11.8 Å². The first kappa shape index (κ1) is 16.8. The highest BCUT2D eigenvalue weighted by molar-refractivity contribution is 6.05. The predicted molar refractivity (Wildman–Crippen MR) is 102 cm³/mol. The molecule has 26 heavy (non-hydrogen) atoms. The summed E-state index contributed by atoms with van der Waals surface area (Å²) in [6, 6.07) is 13.6. The van der Waals surface area contributed by atoms with Crippen LogP contribution in [-0.2, 0) is 22.7 Å². The van der Waals surface area contributed by atoms with E-state index in [-0.39, 0.29) is 18.2 Å². The highest BCUT2D eigenvalue weighted by Gasteiger charge is 2.31. The number of nitrogens with one attached hydrogen (secondary N) is 2. The molecule has 5 nitrogen and oxygen atoms in total. The molecular weight excluding hydrogens is 326 g/mol. The fourth-order valence-electron chi connectivity index (χ4n) is 3.95. The molecule has 2 aliphatic heterocycles. The molecule has 0 saturated carbocycles. The monoisotopic (exact) mass is 349 g/mol. The molecule has 2 amide bonds. The average Bonchev–Trinajstić information content (AvgIpc) is 3.05. The molecule has 2 aromatic carbocycles. The lowest BCUT2D eigenvalue weighted by Gasteiger charge is -2.25. The fraction of sp³-hybridized carbons (Fsp3) is 0.333. The van der Waals surface area contributed by atoms with Crippen LogP contribution < -0.4 is 10.6 Å². The Hall–Kier alpha value is -2.66. The van der Waals surface area contributed by atoms with Gasteiger partial charge in [0.05, 0.1) is 5.92 Å². The standard InChI is InChI=1S/C21H23N3O2/c1-2-10-24-12-14-6-5-9-19(17(14)13-24)23-21(26)16-11-20(25)22-18-8-4-3-7-15(16)18/h3-9,16H,2,10-13H2,1H3,(H,22,25)(H,23,26)/t16-/m0/s1. The highest BCUT2D eigenvalue weighted by Crippen LogP contribution is 2.34. The molecule has 1 atom stereocenters. The van der Waals surface area contributed by atoms with Gasteiger partial charge in [0.1, 0.15) is 0 Å². The number of nitrogens with zero attached hydrogens (tertiary/aromatic N) is 1. The van der Waals surface area contributed by atoms with E-state index >= 15 is 0 Å². The molecule has 4 rings (SSSR count). The number of fused-ring (bicyclic) bond motifs is 2. The van der Waals surface area contributed by atoms with Crippen molar-refractivity contribution < 1.29 is 9.59 Å². The van der Waals surface area contributed by atoms with E-state index in [0.717, 1.165) is 43.0 Å². The third-order valence-corrected chi connectivity index (χ3v) is 5.16. The SMILES string of the molecule is CCCN1Cc2cccc(NC(=O)[C@H]3CC(=O)Nc4ccccc43)c2C1. The van der Waals surface area contributed by atoms with Crippen LogP contribution >= 0.6 is 0 Å². The zero-order valence-corrected chi connectivity index (χ0v) is 14.9. The molecule has 0 fully saturated rings. The molecule has 0 aromatic heterocycles. The molecular formula is C21H23N3O2. The number of amides is 2. The van der Waals surface area contributed by atoms with Gasteiger partial charge in [-0.2, -0.15) is 0 Å². The van der Waals surface area contributed by atoms with Gasteiger partial charge in [-0.25, -0.2) is 0 Å². The molecule has 2 N–H and O–H groups in total. The Kier molecular flexibility index (Phi) is 4.47. The van der Waals surface area contributed by atoms with Crippen LogP contribution in [0, 0.1) is 0 Å². The molecule has 0 unspecified atom stereocenters. The molecule has 2 heterocycles. The van der Waals surface area contributed by atoms with Crippen LogP contribution in [0.3, 0.4) is 0 Å². The lowest BCUT2D eigenvalue weighted by atomic mass is 9.89. The van der Waals surface area contributed by atoms with E-state index in [9.17, 15) is 9.59 Å². The first-order chi connectivity index (χ1) is 12.7. The third-order valence-electron chi connectivity index (χ3n) is 5.16. The second kappa shape index (κ2) is 6.92. The normalized spacial score (nSPS) is 18.8. The summed E-state index contributed by atoms with van der Waals surface area (Å²) >= 11 is 0. The molecule has 0 spiro atoms. The highest BCUT2D eigenvalue weighted by atomic mass is 16.2. The fourth-order valence-corrected chi connectivity index (χ4v) is 3.95. The number of hydrogen-bond donors (Lipinski definition) is 2. The van der Waals surface area contributed by atoms with Crippen LogP contribution in [0.1, 0.15) is 42.4 Å². The summed E-state index contributed by atoms with van der Waals surface area (Å²) in [5.41, 5.74) is 4.96. The average molecular weight is 349 g/mol. The van der Waals surface area contributed by atoms with Crippen LogP contribution in [0.25, 0.3) is 0 Å². The van der Waals surface area contributed by atoms with Gasteiger partial charge in [-0.15, -0.1) is 0 Å². The van der Waals surface area contributed by atoms with Crippen LogP contribution in [0.4, 0.5) is 11.4 Å². The minimum atomic E-state index is -0.455. The quantitative estimate of drug-likeness (QED) is 0.888. The van der Waals surface area contributed by atoms with Crippen molar-refractivity contribution in [3.8, 4) is 0 Å². The van der Waals surface area contributed by atoms with E-state index in [2.05, 4.69) is 28.5 Å². The summed E-state index contributed by atoms with van der Waals surface area (Å²) in [5, 5.41) is 5.93. The van der Waals surface area contributed by atoms with Crippen LogP contribution in [0.15, 0.2) is 42.5 Å². The van der Waals surface area contributed by atoms with Crippen LogP contribution in [0.5, 0.6) is 0 Å². The third kappa shape index (κ3) is 3.10. The zero-order valence-electron chi connectivity index (χ0n) is 14.9. The topological polar surface area (TPSA) is 61.4 Å². The Morgan fingerprint density at radius 3 is 2.88 bits per heavy atom. The minimum Gasteiger partial charge on any atom is -0.326 e. The molecule has 0 aliphatic carbocycles. The first-order valence-electron chi connectivity index (χ1n) is 9.18. The maximum absolute atomic E-state index is 13.0. The Bertz CT molecular complexity index is 862.